The number of aromatic nitrogens is 1. The molecule has 0 unspecified atom stereocenters. The highest BCUT2D eigenvalue weighted by Gasteiger charge is 2.07. The number of urea groups is 1. The van der Waals surface area contributed by atoms with Gasteiger partial charge in [0.2, 0.25) is 0 Å². The highest BCUT2D eigenvalue weighted by atomic mass is 35.5. The standard InChI is InChI=1S/C18H16ClN3OS/c1-12-7-8-14(9-15(12)19)21-18(23)20-10-17-22-16(11-24-17)13-5-3-2-4-6-13/h2-9,11H,10H2,1H3,(H2,20,21,23). The van der Waals surface area contributed by atoms with Crippen LogP contribution < -0.4 is 10.6 Å². The Kier molecular flexibility index (Phi) is 5.13. The summed E-state index contributed by atoms with van der Waals surface area (Å²) in [6.07, 6.45) is 0. The van der Waals surface area contributed by atoms with Gasteiger partial charge in [-0.15, -0.1) is 11.3 Å². The highest BCUT2D eigenvalue weighted by Crippen LogP contribution is 2.22. The van der Waals surface area contributed by atoms with Gasteiger partial charge in [0.25, 0.3) is 0 Å². The molecular formula is C18H16ClN3OS. The van der Waals surface area contributed by atoms with Gasteiger partial charge in [-0.05, 0) is 24.6 Å². The first-order valence-corrected chi connectivity index (χ1v) is 8.68. The van der Waals surface area contributed by atoms with E-state index in [0.717, 1.165) is 21.8 Å². The molecule has 0 aliphatic carbocycles. The molecule has 2 N–H and O–H groups in total. The number of aryl methyl sites for hydroxylation is 1. The van der Waals surface area contributed by atoms with Crippen LogP contribution in [0.25, 0.3) is 11.3 Å². The fourth-order valence-corrected chi connectivity index (χ4v) is 3.06. The SMILES string of the molecule is Cc1ccc(NC(=O)NCc2nc(-c3ccccc3)cs2)cc1Cl. The van der Waals surface area contributed by atoms with Crippen LogP contribution in [0.2, 0.25) is 5.02 Å². The summed E-state index contributed by atoms with van der Waals surface area (Å²) in [5, 5.41) is 9.03. The zero-order valence-corrected chi connectivity index (χ0v) is 14.6. The number of thiazole rings is 1. The number of hydrogen-bond donors (Lipinski definition) is 2. The van der Waals surface area contributed by atoms with Crippen molar-refractivity contribution in [3.8, 4) is 11.3 Å². The number of hydrogen-bond acceptors (Lipinski definition) is 3. The van der Waals surface area contributed by atoms with Crippen LogP contribution in [0.5, 0.6) is 0 Å². The Bertz CT molecular complexity index is 848. The van der Waals surface area contributed by atoms with E-state index in [-0.39, 0.29) is 6.03 Å². The Labute approximate surface area is 149 Å². The molecule has 4 nitrogen and oxygen atoms in total. The number of carbonyl (C=O) groups excluding carboxylic acids is 1. The predicted octanol–water partition coefficient (Wildman–Crippen LogP) is 5.09. The molecular weight excluding hydrogens is 342 g/mol. The molecule has 0 spiro atoms. The lowest BCUT2D eigenvalue weighted by Gasteiger charge is -2.07. The quantitative estimate of drug-likeness (QED) is 0.683. The molecule has 24 heavy (non-hydrogen) atoms. The van der Waals surface area contributed by atoms with Crippen LogP contribution in [-0.4, -0.2) is 11.0 Å². The van der Waals surface area contributed by atoms with Crippen molar-refractivity contribution in [1.82, 2.24) is 10.3 Å². The van der Waals surface area contributed by atoms with Gasteiger partial charge >= 0.3 is 6.03 Å². The number of anilines is 1. The molecule has 1 aromatic heterocycles. The van der Waals surface area contributed by atoms with Crippen molar-refractivity contribution in [1.29, 1.82) is 0 Å². The van der Waals surface area contributed by atoms with Crippen molar-refractivity contribution in [2.24, 2.45) is 0 Å². The van der Waals surface area contributed by atoms with Crippen molar-refractivity contribution < 1.29 is 4.79 Å². The van der Waals surface area contributed by atoms with Crippen LogP contribution in [0.15, 0.2) is 53.9 Å². The first-order chi connectivity index (χ1) is 11.6. The number of halogens is 1. The maximum absolute atomic E-state index is 12.0. The summed E-state index contributed by atoms with van der Waals surface area (Å²) in [5.41, 5.74) is 3.62. The Morgan fingerprint density at radius 3 is 2.75 bits per heavy atom. The van der Waals surface area contributed by atoms with Gasteiger partial charge in [0.1, 0.15) is 5.01 Å². The lowest BCUT2D eigenvalue weighted by molar-refractivity contribution is 0.251. The third kappa shape index (κ3) is 4.13. The van der Waals surface area contributed by atoms with Crippen LogP contribution >= 0.6 is 22.9 Å². The van der Waals surface area contributed by atoms with Crippen molar-refractivity contribution in [2.75, 3.05) is 5.32 Å². The smallest absolute Gasteiger partial charge is 0.319 e. The number of rotatable bonds is 4. The van der Waals surface area contributed by atoms with E-state index in [1.165, 1.54) is 11.3 Å². The molecule has 0 atom stereocenters. The van der Waals surface area contributed by atoms with Crippen LogP contribution in [-0.2, 0) is 6.54 Å². The van der Waals surface area contributed by atoms with E-state index in [9.17, 15) is 4.79 Å². The molecule has 0 saturated carbocycles. The second kappa shape index (κ2) is 7.47. The van der Waals surface area contributed by atoms with Crippen LogP contribution in [0, 0.1) is 6.92 Å². The molecule has 0 radical (unpaired) electrons. The summed E-state index contributed by atoms with van der Waals surface area (Å²) in [6.45, 7) is 2.29. The second-order valence-electron chi connectivity index (χ2n) is 5.26. The molecule has 2 aromatic carbocycles. The van der Waals surface area contributed by atoms with E-state index in [1.807, 2.05) is 54.8 Å². The average molecular weight is 358 g/mol. The van der Waals surface area contributed by atoms with Crippen LogP contribution in [0.4, 0.5) is 10.5 Å². The maximum Gasteiger partial charge on any atom is 0.319 e. The van der Waals surface area contributed by atoms with Crippen molar-refractivity contribution in [2.45, 2.75) is 13.5 Å². The van der Waals surface area contributed by atoms with Crippen molar-refractivity contribution in [3.63, 3.8) is 0 Å². The molecule has 0 bridgehead atoms. The second-order valence-corrected chi connectivity index (χ2v) is 6.61. The molecule has 1 heterocycles. The first-order valence-electron chi connectivity index (χ1n) is 7.42. The Morgan fingerprint density at radius 1 is 1.21 bits per heavy atom. The van der Waals surface area contributed by atoms with Gasteiger partial charge in [-0.1, -0.05) is 48.0 Å². The topological polar surface area (TPSA) is 54.0 Å². The molecule has 0 aliphatic rings. The minimum Gasteiger partial charge on any atom is -0.331 e. The molecule has 0 saturated heterocycles. The first kappa shape index (κ1) is 16.5. The summed E-state index contributed by atoms with van der Waals surface area (Å²) in [7, 11) is 0. The van der Waals surface area contributed by atoms with Gasteiger partial charge in [0.05, 0.1) is 12.2 Å². The highest BCUT2D eigenvalue weighted by molar-refractivity contribution is 7.09. The Morgan fingerprint density at radius 2 is 2.00 bits per heavy atom. The normalized spacial score (nSPS) is 10.4. The summed E-state index contributed by atoms with van der Waals surface area (Å²) >= 11 is 7.57. The minimum atomic E-state index is -0.286. The monoisotopic (exact) mass is 357 g/mol. The average Bonchev–Trinajstić information content (AvgIpc) is 3.06. The fraction of sp³-hybridized carbons (Fsp3) is 0.111. The van der Waals surface area contributed by atoms with Crippen LogP contribution in [0.3, 0.4) is 0 Å². The van der Waals surface area contributed by atoms with E-state index in [0.29, 0.717) is 17.3 Å². The number of benzene rings is 2. The zero-order valence-electron chi connectivity index (χ0n) is 13.0. The number of carbonyl (C=O) groups is 1. The van der Waals surface area contributed by atoms with E-state index < -0.39 is 0 Å². The number of nitrogens with one attached hydrogen (secondary N) is 2. The minimum absolute atomic E-state index is 0.286. The third-order valence-electron chi connectivity index (χ3n) is 3.45. The van der Waals surface area contributed by atoms with Crippen molar-refractivity contribution in [3.05, 3.63) is 69.5 Å². The molecule has 2 amide bonds. The van der Waals surface area contributed by atoms with Gasteiger partial charge in [-0.2, -0.15) is 0 Å². The van der Waals surface area contributed by atoms with E-state index in [1.54, 1.807) is 6.07 Å². The number of amides is 2. The predicted molar refractivity (Wildman–Crippen MR) is 99.6 cm³/mol. The van der Waals surface area contributed by atoms with E-state index in [2.05, 4.69) is 15.6 Å². The van der Waals surface area contributed by atoms with Gasteiger partial charge < -0.3 is 10.6 Å². The summed E-state index contributed by atoms with van der Waals surface area (Å²) < 4.78 is 0. The molecule has 0 aliphatic heterocycles. The summed E-state index contributed by atoms with van der Waals surface area (Å²) in [6, 6.07) is 15.1. The summed E-state index contributed by atoms with van der Waals surface area (Å²) in [5.74, 6) is 0. The van der Waals surface area contributed by atoms with E-state index in [4.69, 9.17) is 11.6 Å². The molecule has 3 aromatic rings. The maximum atomic E-state index is 12.0. The van der Waals surface area contributed by atoms with E-state index >= 15 is 0 Å². The molecule has 3 rings (SSSR count). The lowest BCUT2D eigenvalue weighted by Crippen LogP contribution is -2.28. The van der Waals surface area contributed by atoms with Gasteiger partial charge in [-0.25, -0.2) is 9.78 Å². The molecule has 6 heteroatoms. The largest absolute Gasteiger partial charge is 0.331 e. The fourth-order valence-electron chi connectivity index (χ4n) is 2.14. The van der Waals surface area contributed by atoms with Gasteiger partial charge in [-0.3, -0.25) is 0 Å². The number of nitrogens with zero attached hydrogens (tertiary/aromatic N) is 1. The Hall–Kier alpha value is -2.37. The summed E-state index contributed by atoms with van der Waals surface area (Å²) in [4.78, 5) is 16.5. The van der Waals surface area contributed by atoms with Gasteiger partial charge in [0, 0.05) is 21.7 Å². The Balaban J connectivity index is 1.56. The molecule has 122 valence electrons. The van der Waals surface area contributed by atoms with Crippen molar-refractivity contribution >= 4 is 34.7 Å². The van der Waals surface area contributed by atoms with Crippen LogP contribution in [0.1, 0.15) is 10.6 Å². The molecule has 0 fully saturated rings. The lowest BCUT2D eigenvalue weighted by atomic mass is 10.2. The zero-order chi connectivity index (χ0) is 16.9. The third-order valence-corrected chi connectivity index (χ3v) is 4.71. The van der Waals surface area contributed by atoms with Gasteiger partial charge in [0.15, 0.2) is 0 Å².